The minimum absolute atomic E-state index is 0.929. The van der Waals surface area contributed by atoms with Crippen LogP contribution in [0.1, 0.15) is 11.1 Å². The van der Waals surface area contributed by atoms with Gasteiger partial charge >= 0.3 is 0 Å². The standard InChI is InChI=1S/C30H22O/c1-19-13-15-23-24-16-14-20(2)18-26(24)30-28(25(23)17-19)27(21-9-5-3-6-10-21)29(31-30)22-11-7-4-8-12-22/h3-18H,1-2H3. The second-order valence-corrected chi connectivity index (χ2v) is 8.34. The van der Waals surface area contributed by atoms with Crippen molar-refractivity contribution >= 4 is 32.5 Å². The van der Waals surface area contributed by atoms with E-state index in [0.717, 1.165) is 16.9 Å². The molecule has 0 amide bonds. The summed E-state index contributed by atoms with van der Waals surface area (Å²) >= 11 is 0. The monoisotopic (exact) mass is 398 g/mol. The lowest BCUT2D eigenvalue weighted by Gasteiger charge is -2.10. The van der Waals surface area contributed by atoms with E-state index >= 15 is 0 Å². The van der Waals surface area contributed by atoms with Gasteiger partial charge in [0.25, 0.3) is 0 Å². The summed E-state index contributed by atoms with van der Waals surface area (Å²) < 4.78 is 6.76. The predicted molar refractivity (Wildman–Crippen MR) is 132 cm³/mol. The van der Waals surface area contributed by atoms with E-state index in [1.54, 1.807) is 0 Å². The normalized spacial score (nSPS) is 11.5. The van der Waals surface area contributed by atoms with Gasteiger partial charge < -0.3 is 4.42 Å². The molecule has 0 aliphatic rings. The molecule has 1 heterocycles. The van der Waals surface area contributed by atoms with E-state index in [2.05, 4.69) is 105 Å². The third kappa shape index (κ3) is 2.78. The van der Waals surface area contributed by atoms with Crippen LogP contribution in [0.5, 0.6) is 0 Å². The van der Waals surface area contributed by atoms with E-state index in [1.165, 1.54) is 49.2 Å². The average Bonchev–Trinajstić information content (AvgIpc) is 3.21. The maximum Gasteiger partial charge on any atom is 0.143 e. The lowest BCUT2D eigenvalue weighted by atomic mass is 9.91. The van der Waals surface area contributed by atoms with Crippen LogP contribution in [-0.4, -0.2) is 0 Å². The van der Waals surface area contributed by atoms with Gasteiger partial charge in [0.05, 0.1) is 0 Å². The molecule has 31 heavy (non-hydrogen) atoms. The zero-order valence-electron chi connectivity index (χ0n) is 17.6. The van der Waals surface area contributed by atoms with Gasteiger partial charge in [0.15, 0.2) is 0 Å². The molecule has 0 fully saturated rings. The second kappa shape index (κ2) is 6.85. The third-order valence-corrected chi connectivity index (χ3v) is 6.16. The third-order valence-electron chi connectivity index (χ3n) is 6.16. The zero-order chi connectivity index (χ0) is 20.9. The highest BCUT2D eigenvalue weighted by Gasteiger charge is 2.22. The molecule has 1 aromatic heterocycles. The van der Waals surface area contributed by atoms with Crippen LogP contribution in [0.3, 0.4) is 0 Å². The van der Waals surface area contributed by atoms with Crippen LogP contribution in [0, 0.1) is 13.8 Å². The van der Waals surface area contributed by atoms with E-state index in [1.807, 2.05) is 6.07 Å². The fourth-order valence-corrected chi connectivity index (χ4v) is 4.73. The average molecular weight is 399 g/mol. The van der Waals surface area contributed by atoms with E-state index in [-0.39, 0.29) is 0 Å². The highest BCUT2D eigenvalue weighted by molar-refractivity contribution is 6.28. The molecule has 0 spiro atoms. The lowest BCUT2D eigenvalue weighted by Crippen LogP contribution is -1.85. The molecule has 1 heteroatoms. The van der Waals surface area contributed by atoms with Crippen molar-refractivity contribution in [2.24, 2.45) is 0 Å². The first-order valence-corrected chi connectivity index (χ1v) is 10.7. The first kappa shape index (κ1) is 18.0. The summed E-state index contributed by atoms with van der Waals surface area (Å²) in [5.74, 6) is 0.929. The largest absolute Gasteiger partial charge is 0.455 e. The van der Waals surface area contributed by atoms with E-state index < -0.39 is 0 Å². The highest BCUT2D eigenvalue weighted by atomic mass is 16.3. The van der Waals surface area contributed by atoms with Crippen molar-refractivity contribution in [1.82, 2.24) is 0 Å². The number of furan rings is 1. The Kier molecular flexibility index (Phi) is 3.97. The molecule has 0 aliphatic carbocycles. The summed E-state index contributed by atoms with van der Waals surface area (Å²) in [5.41, 5.74) is 6.89. The summed E-state index contributed by atoms with van der Waals surface area (Å²) in [5, 5.41) is 6.12. The van der Waals surface area contributed by atoms with Gasteiger partial charge in [-0.3, -0.25) is 0 Å². The molecule has 6 rings (SSSR count). The van der Waals surface area contributed by atoms with Crippen LogP contribution in [0.15, 0.2) is 101 Å². The summed E-state index contributed by atoms with van der Waals surface area (Å²) in [6, 6.07) is 34.5. The van der Waals surface area contributed by atoms with Crippen LogP contribution < -0.4 is 0 Å². The molecule has 0 radical (unpaired) electrons. The van der Waals surface area contributed by atoms with Crippen LogP contribution in [-0.2, 0) is 0 Å². The van der Waals surface area contributed by atoms with Gasteiger partial charge in [-0.1, -0.05) is 102 Å². The van der Waals surface area contributed by atoms with E-state index in [4.69, 9.17) is 4.42 Å². The molecule has 5 aromatic carbocycles. The minimum Gasteiger partial charge on any atom is -0.455 e. The van der Waals surface area contributed by atoms with Gasteiger partial charge in [0.2, 0.25) is 0 Å². The fraction of sp³-hybridized carbons (Fsp3) is 0.0667. The zero-order valence-corrected chi connectivity index (χ0v) is 17.6. The molecule has 1 nitrogen and oxygen atoms in total. The molecule has 0 atom stereocenters. The maximum atomic E-state index is 6.76. The minimum atomic E-state index is 0.929. The molecule has 148 valence electrons. The van der Waals surface area contributed by atoms with Crippen LogP contribution >= 0.6 is 0 Å². The number of benzene rings is 5. The first-order valence-electron chi connectivity index (χ1n) is 10.7. The summed E-state index contributed by atoms with van der Waals surface area (Å²) in [6.07, 6.45) is 0. The number of hydrogen-bond acceptors (Lipinski definition) is 1. The van der Waals surface area contributed by atoms with Crippen molar-refractivity contribution in [1.29, 1.82) is 0 Å². The molecule has 6 aromatic rings. The lowest BCUT2D eigenvalue weighted by molar-refractivity contribution is 0.636. The first-order chi connectivity index (χ1) is 15.2. The van der Waals surface area contributed by atoms with Gasteiger partial charge in [0, 0.05) is 21.9 Å². The highest BCUT2D eigenvalue weighted by Crippen LogP contribution is 2.47. The SMILES string of the molecule is Cc1ccc2c3ccc(C)cc3c3c(-c4ccccc4)c(-c4ccccc4)oc3c2c1. The van der Waals surface area contributed by atoms with Gasteiger partial charge in [-0.05, 0) is 41.6 Å². The maximum absolute atomic E-state index is 6.76. The Morgan fingerprint density at radius 3 is 1.71 bits per heavy atom. The Morgan fingerprint density at radius 2 is 1.06 bits per heavy atom. The molecule has 0 unspecified atom stereocenters. The quantitative estimate of drug-likeness (QED) is 0.266. The molecule has 0 aliphatic heterocycles. The Labute approximate surface area is 181 Å². The van der Waals surface area contributed by atoms with Crippen molar-refractivity contribution in [2.75, 3.05) is 0 Å². The summed E-state index contributed by atoms with van der Waals surface area (Å²) in [7, 11) is 0. The smallest absolute Gasteiger partial charge is 0.143 e. The van der Waals surface area contributed by atoms with Gasteiger partial charge in [-0.15, -0.1) is 0 Å². The molecular formula is C30H22O. The van der Waals surface area contributed by atoms with Gasteiger partial charge in [0.1, 0.15) is 11.3 Å². The van der Waals surface area contributed by atoms with E-state index in [0.29, 0.717) is 0 Å². The summed E-state index contributed by atoms with van der Waals surface area (Å²) in [6.45, 7) is 4.30. The van der Waals surface area contributed by atoms with Crippen molar-refractivity contribution in [3.63, 3.8) is 0 Å². The van der Waals surface area contributed by atoms with Gasteiger partial charge in [-0.25, -0.2) is 0 Å². The van der Waals surface area contributed by atoms with Crippen molar-refractivity contribution in [3.05, 3.63) is 108 Å². The molecular weight excluding hydrogens is 376 g/mol. The van der Waals surface area contributed by atoms with E-state index in [9.17, 15) is 0 Å². The number of rotatable bonds is 2. The summed E-state index contributed by atoms with van der Waals surface area (Å²) in [4.78, 5) is 0. The van der Waals surface area contributed by atoms with Crippen molar-refractivity contribution < 1.29 is 4.42 Å². The Morgan fingerprint density at radius 1 is 0.516 bits per heavy atom. The molecule has 0 saturated carbocycles. The van der Waals surface area contributed by atoms with Crippen LogP contribution in [0.2, 0.25) is 0 Å². The molecule has 0 bridgehead atoms. The van der Waals surface area contributed by atoms with Crippen LogP contribution in [0.4, 0.5) is 0 Å². The van der Waals surface area contributed by atoms with Crippen LogP contribution in [0.25, 0.3) is 55.0 Å². The Bertz CT molecular complexity index is 1570. The molecule has 0 saturated heterocycles. The number of fused-ring (bicyclic) bond motifs is 6. The van der Waals surface area contributed by atoms with Gasteiger partial charge in [-0.2, -0.15) is 0 Å². The predicted octanol–water partition coefficient (Wildman–Crippen LogP) is 8.69. The fourth-order valence-electron chi connectivity index (χ4n) is 4.73. The number of hydrogen-bond donors (Lipinski definition) is 0. The molecule has 0 N–H and O–H groups in total. The topological polar surface area (TPSA) is 13.1 Å². The van der Waals surface area contributed by atoms with Crippen molar-refractivity contribution in [2.45, 2.75) is 13.8 Å². The second-order valence-electron chi connectivity index (χ2n) is 8.34. The van der Waals surface area contributed by atoms with Crippen molar-refractivity contribution in [3.8, 4) is 22.5 Å². The number of aryl methyl sites for hydroxylation is 2. The Balaban J connectivity index is 1.91. The Hall–Kier alpha value is -3.84.